The highest BCUT2D eigenvalue weighted by molar-refractivity contribution is 5.83. The SMILES string of the molecule is Cc1cc(C)cc(C2(C(=O)O)CC(F)(F)C2)c1. The van der Waals surface area contributed by atoms with E-state index in [1.807, 2.05) is 19.9 Å². The molecule has 0 heterocycles. The molecule has 0 amide bonds. The van der Waals surface area contributed by atoms with Crippen LogP contribution in [0.25, 0.3) is 0 Å². The maximum Gasteiger partial charge on any atom is 0.314 e. The molecule has 2 nitrogen and oxygen atoms in total. The summed E-state index contributed by atoms with van der Waals surface area (Å²) < 4.78 is 26.0. The van der Waals surface area contributed by atoms with Gasteiger partial charge in [-0.05, 0) is 19.4 Å². The van der Waals surface area contributed by atoms with Crippen molar-refractivity contribution in [3.8, 4) is 0 Å². The second-order valence-electron chi connectivity index (χ2n) is 4.97. The predicted molar refractivity (Wildman–Crippen MR) is 59.4 cm³/mol. The van der Waals surface area contributed by atoms with Crippen molar-refractivity contribution < 1.29 is 18.7 Å². The number of aliphatic carboxylic acids is 1. The van der Waals surface area contributed by atoms with Gasteiger partial charge in [0.25, 0.3) is 5.92 Å². The van der Waals surface area contributed by atoms with Crippen molar-refractivity contribution in [2.24, 2.45) is 0 Å². The standard InChI is InChI=1S/C13H14F2O2/c1-8-3-9(2)5-10(4-8)12(11(16)17)6-13(14,15)7-12/h3-5H,6-7H2,1-2H3,(H,16,17). The first-order valence-electron chi connectivity index (χ1n) is 5.45. The number of halogens is 2. The van der Waals surface area contributed by atoms with Gasteiger partial charge >= 0.3 is 5.97 Å². The van der Waals surface area contributed by atoms with Crippen molar-refractivity contribution in [1.29, 1.82) is 0 Å². The van der Waals surface area contributed by atoms with E-state index < -0.39 is 30.1 Å². The van der Waals surface area contributed by atoms with E-state index in [-0.39, 0.29) is 0 Å². The molecule has 0 saturated heterocycles. The number of aryl methyl sites for hydroxylation is 2. The molecule has 1 fully saturated rings. The van der Waals surface area contributed by atoms with Gasteiger partial charge in [-0.2, -0.15) is 0 Å². The van der Waals surface area contributed by atoms with Crippen LogP contribution in [0.15, 0.2) is 18.2 Å². The summed E-state index contributed by atoms with van der Waals surface area (Å²) >= 11 is 0. The first kappa shape index (κ1) is 12.0. The lowest BCUT2D eigenvalue weighted by Crippen LogP contribution is -2.54. The topological polar surface area (TPSA) is 37.3 Å². The molecule has 1 aromatic carbocycles. The quantitative estimate of drug-likeness (QED) is 0.862. The van der Waals surface area contributed by atoms with Gasteiger partial charge in [0.1, 0.15) is 5.41 Å². The van der Waals surface area contributed by atoms with Crippen LogP contribution in [0.4, 0.5) is 8.78 Å². The summed E-state index contributed by atoms with van der Waals surface area (Å²) in [6.45, 7) is 3.67. The van der Waals surface area contributed by atoms with Crippen molar-refractivity contribution in [3.05, 3.63) is 34.9 Å². The van der Waals surface area contributed by atoms with E-state index in [4.69, 9.17) is 0 Å². The molecule has 0 radical (unpaired) electrons. The fraction of sp³-hybridized carbons (Fsp3) is 0.462. The predicted octanol–water partition coefficient (Wildman–Crippen LogP) is 3.05. The Morgan fingerprint density at radius 2 is 1.65 bits per heavy atom. The molecule has 0 unspecified atom stereocenters. The highest BCUT2D eigenvalue weighted by Gasteiger charge is 2.62. The Hall–Kier alpha value is -1.45. The Morgan fingerprint density at radius 1 is 1.18 bits per heavy atom. The third-order valence-electron chi connectivity index (χ3n) is 3.30. The smallest absolute Gasteiger partial charge is 0.314 e. The summed E-state index contributed by atoms with van der Waals surface area (Å²) in [6.07, 6.45) is -1.20. The third kappa shape index (κ3) is 1.92. The summed E-state index contributed by atoms with van der Waals surface area (Å²) in [5.41, 5.74) is 0.889. The van der Waals surface area contributed by atoms with Gasteiger partial charge in [-0.1, -0.05) is 29.3 Å². The van der Waals surface area contributed by atoms with Crippen molar-refractivity contribution in [2.75, 3.05) is 0 Å². The molecule has 0 spiro atoms. The molecule has 2 rings (SSSR count). The second-order valence-corrected chi connectivity index (χ2v) is 4.97. The molecule has 17 heavy (non-hydrogen) atoms. The highest BCUT2D eigenvalue weighted by Crippen LogP contribution is 2.53. The molecule has 0 bridgehead atoms. The fourth-order valence-electron chi connectivity index (χ4n) is 2.56. The molecular weight excluding hydrogens is 226 g/mol. The van der Waals surface area contributed by atoms with Crippen LogP contribution in [0.3, 0.4) is 0 Å². The summed E-state index contributed by atoms with van der Waals surface area (Å²) in [5, 5.41) is 9.22. The first-order valence-corrected chi connectivity index (χ1v) is 5.45. The second kappa shape index (κ2) is 3.52. The number of benzene rings is 1. The fourth-order valence-corrected chi connectivity index (χ4v) is 2.56. The molecular formula is C13H14F2O2. The van der Waals surface area contributed by atoms with Crippen LogP contribution < -0.4 is 0 Å². The Bertz CT molecular complexity index is 452. The molecule has 0 aromatic heterocycles. The van der Waals surface area contributed by atoms with E-state index in [2.05, 4.69) is 0 Å². The summed E-state index contributed by atoms with van der Waals surface area (Å²) in [6, 6.07) is 5.28. The minimum atomic E-state index is -2.85. The van der Waals surface area contributed by atoms with Crippen LogP contribution in [-0.4, -0.2) is 17.0 Å². The molecule has 0 atom stereocenters. The maximum atomic E-state index is 13.0. The van der Waals surface area contributed by atoms with Gasteiger partial charge in [-0.3, -0.25) is 4.79 Å². The average Bonchev–Trinajstić information content (AvgIpc) is 2.11. The van der Waals surface area contributed by atoms with E-state index in [9.17, 15) is 18.7 Å². The van der Waals surface area contributed by atoms with Crippen LogP contribution >= 0.6 is 0 Å². The van der Waals surface area contributed by atoms with E-state index in [1.54, 1.807) is 12.1 Å². The number of carbonyl (C=O) groups is 1. The largest absolute Gasteiger partial charge is 0.481 e. The van der Waals surface area contributed by atoms with Gasteiger partial charge in [0.15, 0.2) is 0 Å². The summed E-state index contributed by atoms with van der Waals surface area (Å²) in [4.78, 5) is 11.3. The average molecular weight is 240 g/mol. The van der Waals surface area contributed by atoms with Crippen LogP contribution in [0, 0.1) is 13.8 Å². The summed E-state index contributed by atoms with van der Waals surface area (Å²) in [7, 11) is 0. The van der Waals surface area contributed by atoms with Crippen LogP contribution in [-0.2, 0) is 10.2 Å². The van der Waals surface area contributed by atoms with E-state index in [0.717, 1.165) is 11.1 Å². The van der Waals surface area contributed by atoms with Crippen LogP contribution in [0.5, 0.6) is 0 Å². The number of carboxylic acid groups (broad SMARTS) is 1. The molecule has 0 aliphatic heterocycles. The molecule has 1 N–H and O–H groups in total. The molecule has 4 heteroatoms. The lowest BCUT2D eigenvalue weighted by Gasteiger charge is -2.44. The normalized spacial score (nSPS) is 20.7. The molecule has 1 aromatic rings. The summed E-state index contributed by atoms with van der Waals surface area (Å²) in [5.74, 6) is -4.01. The highest BCUT2D eigenvalue weighted by atomic mass is 19.3. The lowest BCUT2D eigenvalue weighted by atomic mass is 9.61. The van der Waals surface area contributed by atoms with Crippen LogP contribution in [0.2, 0.25) is 0 Å². The number of hydrogen-bond acceptors (Lipinski definition) is 1. The Labute approximate surface area is 98.3 Å². The molecule has 1 aliphatic rings. The van der Waals surface area contributed by atoms with Gasteiger partial charge in [0, 0.05) is 12.8 Å². The molecule has 92 valence electrons. The first-order chi connectivity index (χ1) is 7.75. The van der Waals surface area contributed by atoms with Crippen molar-refractivity contribution >= 4 is 5.97 Å². The van der Waals surface area contributed by atoms with Gasteiger partial charge in [0.05, 0.1) is 0 Å². The molecule has 1 saturated carbocycles. The van der Waals surface area contributed by atoms with Crippen molar-refractivity contribution in [3.63, 3.8) is 0 Å². The Morgan fingerprint density at radius 3 is 2.00 bits per heavy atom. The van der Waals surface area contributed by atoms with Gasteiger partial charge < -0.3 is 5.11 Å². The van der Waals surface area contributed by atoms with Crippen LogP contribution in [0.1, 0.15) is 29.5 Å². The minimum Gasteiger partial charge on any atom is -0.481 e. The minimum absolute atomic E-state index is 0.494. The van der Waals surface area contributed by atoms with E-state index in [1.165, 1.54) is 0 Å². The zero-order valence-corrected chi connectivity index (χ0v) is 9.76. The van der Waals surface area contributed by atoms with E-state index in [0.29, 0.717) is 5.56 Å². The zero-order valence-electron chi connectivity index (χ0n) is 9.76. The number of rotatable bonds is 2. The van der Waals surface area contributed by atoms with Gasteiger partial charge in [-0.15, -0.1) is 0 Å². The maximum absolute atomic E-state index is 13.0. The van der Waals surface area contributed by atoms with Crippen molar-refractivity contribution in [2.45, 2.75) is 38.0 Å². The number of hydrogen-bond donors (Lipinski definition) is 1. The van der Waals surface area contributed by atoms with Gasteiger partial charge in [-0.25, -0.2) is 8.78 Å². The Balaban J connectivity index is 2.45. The number of carboxylic acids is 1. The third-order valence-corrected chi connectivity index (χ3v) is 3.30. The number of alkyl halides is 2. The van der Waals surface area contributed by atoms with Crippen molar-refractivity contribution in [1.82, 2.24) is 0 Å². The Kier molecular flexibility index (Phi) is 2.49. The molecule has 1 aliphatic carbocycles. The van der Waals surface area contributed by atoms with Gasteiger partial charge in [0.2, 0.25) is 0 Å². The lowest BCUT2D eigenvalue weighted by molar-refractivity contribution is -0.174. The van der Waals surface area contributed by atoms with E-state index >= 15 is 0 Å². The monoisotopic (exact) mass is 240 g/mol. The zero-order chi connectivity index (χ0) is 12.8.